The fourth-order valence-electron chi connectivity index (χ4n) is 6.40. The van der Waals surface area contributed by atoms with Crippen LogP contribution in [0.15, 0.2) is 0 Å². The van der Waals surface area contributed by atoms with Gasteiger partial charge in [-0.1, -0.05) is 23.7 Å². The molecule has 8 saturated heterocycles. The third-order valence-corrected chi connectivity index (χ3v) is 17.6. The summed E-state index contributed by atoms with van der Waals surface area (Å²) in [6.07, 6.45) is 13.3. The van der Waals surface area contributed by atoms with Gasteiger partial charge in [-0.3, -0.25) is 0 Å². The van der Waals surface area contributed by atoms with Gasteiger partial charge in [-0.05, 0) is 64.2 Å². The molecule has 8 heterocycles. The van der Waals surface area contributed by atoms with Crippen molar-refractivity contribution < 1.29 is 0 Å². The van der Waals surface area contributed by atoms with E-state index in [0.29, 0.717) is 22.7 Å². The highest BCUT2D eigenvalue weighted by molar-refractivity contribution is 8.34. The fourth-order valence-corrected chi connectivity index (χ4v) is 21.0. The standard InChI is InChI=1S/C24H28S6/c1-2-16(6-8-24-12-20-28-21(13-24)30-22(14-24)29-20)4-3-15(1)5-7-23-9-17-25-18(10-23)27-19(11-23)26-17/h15-22H,1-4,9-14H2. The van der Waals surface area contributed by atoms with E-state index in [9.17, 15) is 0 Å². The van der Waals surface area contributed by atoms with Crippen LogP contribution in [-0.4, -0.2) is 27.5 Å². The van der Waals surface area contributed by atoms with Crippen LogP contribution in [-0.2, 0) is 0 Å². The first-order valence-corrected chi connectivity index (χ1v) is 17.3. The van der Waals surface area contributed by atoms with Crippen LogP contribution >= 0.6 is 70.6 Å². The predicted molar refractivity (Wildman–Crippen MR) is 142 cm³/mol. The average Bonchev–Trinajstić information content (AvgIpc) is 2.70. The zero-order chi connectivity index (χ0) is 19.8. The summed E-state index contributed by atoms with van der Waals surface area (Å²) in [5.41, 5.74) is 0.760. The molecule has 0 amide bonds. The lowest BCUT2D eigenvalue weighted by Crippen LogP contribution is -2.43. The zero-order valence-corrected chi connectivity index (χ0v) is 22.0. The molecule has 0 atom stereocenters. The fraction of sp³-hybridized carbons (Fsp3) is 0.833. The van der Waals surface area contributed by atoms with Crippen molar-refractivity contribution >= 4 is 70.6 Å². The van der Waals surface area contributed by atoms with Gasteiger partial charge in [0.2, 0.25) is 0 Å². The lowest BCUT2D eigenvalue weighted by molar-refractivity contribution is 0.316. The van der Waals surface area contributed by atoms with Crippen LogP contribution < -0.4 is 0 Å². The average molecular weight is 509 g/mol. The van der Waals surface area contributed by atoms with Gasteiger partial charge in [0.05, 0.1) is 27.5 Å². The van der Waals surface area contributed by atoms with Crippen molar-refractivity contribution in [1.82, 2.24) is 0 Å². The molecule has 0 N–H and O–H groups in total. The second-order valence-corrected chi connectivity index (χ2v) is 20.5. The molecule has 0 radical (unpaired) electrons. The maximum absolute atomic E-state index is 3.90. The Labute approximate surface area is 207 Å². The van der Waals surface area contributed by atoms with E-state index in [0.717, 1.165) is 27.5 Å². The minimum absolute atomic E-state index is 0.380. The van der Waals surface area contributed by atoms with Gasteiger partial charge in [-0.2, -0.15) is 0 Å². The molecule has 0 aromatic heterocycles. The first kappa shape index (κ1) is 20.6. The Bertz CT molecular complexity index is 695. The van der Waals surface area contributed by atoms with Crippen molar-refractivity contribution in [3.63, 3.8) is 0 Å². The van der Waals surface area contributed by atoms with Crippen molar-refractivity contribution in [2.75, 3.05) is 0 Å². The van der Waals surface area contributed by atoms with Crippen molar-refractivity contribution in [1.29, 1.82) is 0 Å². The molecule has 0 nitrogen and oxygen atoms in total. The Morgan fingerprint density at radius 3 is 0.967 bits per heavy atom. The highest BCUT2D eigenvalue weighted by atomic mass is 32.3. The number of hydrogen-bond donors (Lipinski definition) is 0. The first-order chi connectivity index (χ1) is 14.6. The number of rotatable bonds is 0. The third kappa shape index (κ3) is 3.90. The van der Waals surface area contributed by atoms with Gasteiger partial charge in [0.15, 0.2) is 0 Å². The molecule has 9 fully saturated rings. The van der Waals surface area contributed by atoms with Crippen LogP contribution in [0.2, 0.25) is 0 Å². The molecule has 9 rings (SSSR count). The van der Waals surface area contributed by atoms with Crippen molar-refractivity contribution in [2.24, 2.45) is 22.7 Å². The molecule has 30 heavy (non-hydrogen) atoms. The van der Waals surface area contributed by atoms with E-state index in [-0.39, 0.29) is 0 Å². The summed E-state index contributed by atoms with van der Waals surface area (Å²) in [5, 5.41) is 0. The van der Waals surface area contributed by atoms with Crippen molar-refractivity contribution in [2.45, 2.75) is 91.7 Å². The molecule has 1 aliphatic carbocycles. The topological polar surface area (TPSA) is 0 Å². The molecule has 0 unspecified atom stereocenters. The van der Waals surface area contributed by atoms with Crippen LogP contribution in [0.4, 0.5) is 0 Å². The highest BCUT2D eigenvalue weighted by Crippen LogP contribution is 2.67. The summed E-state index contributed by atoms with van der Waals surface area (Å²) in [7, 11) is 0. The second-order valence-electron chi connectivity index (χ2n) is 10.3. The lowest BCUT2D eigenvalue weighted by atomic mass is 9.76. The number of thioether (sulfide) groups is 6. The zero-order valence-electron chi connectivity index (χ0n) is 17.1. The summed E-state index contributed by atoms with van der Waals surface area (Å²) in [6.45, 7) is 0. The third-order valence-electron chi connectivity index (χ3n) is 7.98. The molecule has 0 aromatic carbocycles. The minimum atomic E-state index is 0.380. The summed E-state index contributed by atoms with van der Waals surface area (Å²) < 4.78 is 5.02. The Kier molecular flexibility index (Phi) is 5.41. The maximum Gasteiger partial charge on any atom is 0.0539 e. The monoisotopic (exact) mass is 508 g/mol. The van der Waals surface area contributed by atoms with Crippen LogP contribution in [0.1, 0.15) is 64.2 Å². The minimum Gasteiger partial charge on any atom is -0.133 e. The Hall–Kier alpha value is 1.22. The van der Waals surface area contributed by atoms with E-state index >= 15 is 0 Å². The molecule has 160 valence electrons. The Morgan fingerprint density at radius 2 is 0.700 bits per heavy atom. The van der Waals surface area contributed by atoms with Crippen molar-refractivity contribution in [3.8, 4) is 23.7 Å². The molecular formula is C24H28S6. The van der Waals surface area contributed by atoms with E-state index < -0.39 is 0 Å². The van der Waals surface area contributed by atoms with Crippen LogP contribution in [0.3, 0.4) is 0 Å². The SMILES string of the molecule is C(#CC12CC3SC(C1)SC(C2)S3)C1CCC(C#CC23CC4SC(C2)SC(C3)S4)CC1. The normalized spacial score (nSPS) is 54.9. The molecule has 0 spiro atoms. The van der Waals surface area contributed by atoms with Gasteiger partial charge in [0.1, 0.15) is 0 Å². The molecule has 1 saturated carbocycles. The predicted octanol–water partition coefficient (Wildman–Crippen LogP) is 7.55. The van der Waals surface area contributed by atoms with Crippen LogP contribution in [0, 0.1) is 46.3 Å². The molecule has 0 aromatic rings. The second kappa shape index (κ2) is 7.88. The van der Waals surface area contributed by atoms with E-state index in [1.807, 2.05) is 0 Å². The van der Waals surface area contributed by atoms with Gasteiger partial charge < -0.3 is 0 Å². The molecule has 9 aliphatic rings. The largest absolute Gasteiger partial charge is 0.133 e. The molecule has 6 heteroatoms. The van der Waals surface area contributed by atoms with Crippen molar-refractivity contribution in [3.05, 3.63) is 0 Å². The quantitative estimate of drug-likeness (QED) is 0.308. The van der Waals surface area contributed by atoms with E-state index in [4.69, 9.17) is 0 Å². The Morgan fingerprint density at radius 1 is 0.433 bits per heavy atom. The number of hydrogen-bond acceptors (Lipinski definition) is 6. The smallest absolute Gasteiger partial charge is 0.0539 e. The Balaban J connectivity index is 0.980. The molecule has 8 bridgehead atoms. The van der Waals surface area contributed by atoms with Gasteiger partial charge >= 0.3 is 0 Å². The summed E-state index contributed by atoms with van der Waals surface area (Å²) in [5.74, 6) is 16.7. The molecule has 8 aliphatic heterocycles. The highest BCUT2D eigenvalue weighted by Gasteiger charge is 2.53. The lowest BCUT2D eigenvalue weighted by Gasteiger charge is -2.53. The summed E-state index contributed by atoms with van der Waals surface area (Å²) in [4.78, 5) is 0. The van der Waals surface area contributed by atoms with Gasteiger partial charge in [0.25, 0.3) is 0 Å². The first-order valence-electron chi connectivity index (χ1n) is 11.6. The van der Waals surface area contributed by atoms with Crippen LogP contribution in [0.25, 0.3) is 0 Å². The summed E-state index contributed by atoms with van der Waals surface area (Å²) >= 11 is 13.4. The van der Waals surface area contributed by atoms with Gasteiger partial charge in [-0.15, -0.1) is 70.6 Å². The van der Waals surface area contributed by atoms with Gasteiger partial charge in [-0.25, -0.2) is 0 Å². The van der Waals surface area contributed by atoms with Crippen LogP contribution in [0.5, 0.6) is 0 Å². The maximum atomic E-state index is 3.90. The van der Waals surface area contributed by atoms with Gasteiger partial charge in [0, 0.05) is 22.7 Å². The molecular weight excluding hydrogens is 481 g/mol. The summed E-state index contributed by atoms with van der Waals surface area (Å²) in [6, 6.07) is 0. The van der Waals surface area contributed by atoms with E-state index in [2.05, 4.69) is 94.3 Å². The van der Waals surface area contributed by atoms with E-state index in [1.54, 1.807) is 0 Å². The van der Waals surface area contributed by atoms with E-state index in [1.165, 1.54) is 64.2 Å².